The third kappa shape index (κ3) is 1.42. The zero-order valence-electron chi connectivity index (χ0n) is 6.69. The fourth-order valence-corrected chi connectivity index (χ4v) is 1.10. The summed E-state index contributed by atoms with van der Waals surface area (Å²) in [6.07, 6.45) is 0.772. The first-order valence-corrected chi connectivity index (χ1v) is 3.76. The van der Waals surface area contributed by atoms with Crippen molar-refractivity contribution in [1.82, 2.24) is 4.90 Å². The highest BCUT2D eigenvalue weighted by Crippen LogP contribution is 2.07. The van der Waals surface area contributed by atoms with Gasteiger partial charge in [0.05, 0.1) is 13.1 Å². The van der Waals surface area contributed by atoms with Crippen molar-refractivity contribution in [1.29, 1.82) is 0 Å². The SMILES string of the molecule is O=C1OCCN1Cc1cooc1=O. The lowest BCUT2D eigenvalue weighted by atomic mass is 10.3. The average Bonchev–Trinajstić information content (AvgIpc) is 2.65. The van der Waals surface area contributed by atoms with E-state index >= 15 is 0 Å². The maximum absolute atomic E-state index is 11.0. The predicted molar refractivity (Wildman–Crippen MR) is 39.0 cm³/mol. The molecule has 13 heavy (non-hydrogen) atoms. The molecule has 1 amide bonds. The fourth-order valence-electron chi connectivity index (χ4n) is 1.10. The van der Waals surface area contributed by atoms with Crippen molar-refractivity contribution in [2.24, 2.45) is 0 Å². The number of amides is 1. The molecule has 1 saturated heterocycles. The lowest BCUT2D eigenvalue weighted by molar-refractivity contribution is 0.0487. The van der Waals surface area contributed by atoms with E-state index in [9.17, 15) is 9.59 Å². The Morgan fingerprint density at radius 2 is 2.31 bits per heavy atom. The van der Waals surface area contributed by atoms with Crippen LogP contribution >= 0.6 is 0 Å². The van der Waals surface area contributed by atoms with Crippen LogP contribution in [0.3, 0.4) is 0 Å². The van der Waals surface area contributed by atoms with Crippen LogP contribution in [-0.2, 0) is 11.3 Å². The number of ether oxygens (including phenoxy) is 1. The molecule has 0 radical (unpaired) electrons. The molecule has 1 aliphatic heterocycles. The Kier molecular flexibility index (Phi) is 1.80. The largest absolute Gasteiger partial charge is 0.448 e. The minimum atomic E-state index is -0.556. The van der Waals surface area contributed by atoms with E-state index < -0.39 is 11.7 Å². The number of hydrogen-bond acceptors (Lipinski definition) is 5. The zero-order valence-corrected chi connectivity index (χ0v) is 6.69. The highest BCUT2D eigenvalue weighted by molar-refractivity contribution is 5.69. The van der Waals surface area contributed by atoms with E-state index in [1.807, 2.05) is 0 Å². The molecule has 2 heterocycles. The summed E-state index contributed by atoms with van der Waals surface area (Å²) in [5, 5.41) is 0. The van der Waals surface area contributed by atoms with Crippen molar-refractivity contribution < 1.29 is 18.7 Å². The van der Waals surface area contributed by atoms with E-state index in [-0.39, 0.29) is 6.54 Å². The van der Waals surface area contributed by atoms with Crippen LogP contribution in [0.5, 0.6) is 0 Å². The number of carbonyl (C=O) groups is 1. The van der Waals surface area contributed by atoms with E-state index in [4.69, 9.17) is 0 Å². The number of nitrogens with zero attached hydrogens (tertiary/aromatic N) is 1. The van der Waals surface area contributed by atoms with Gasteiger partial charge in [0.2, 0.25) is 0 Å². The monoisotopic (exact) mass is 185 g/mol. The van der Waals surface area contributed by atoms with Gasteiger partial charge in [0.25, 0.3) is 0 Å². The first kappa shape index (κ1) is 7.90. The van der Waals surface area contributed by atoms with Crippen LogP contribution in [0.2, 0.25) is 0 Å². The molecule has 0 atom stereocenters. The summed E-state index contributed by atoms with van der Waals surface area (Å²) < 4.78 is 13.2. The molecule has 0 aliphatic carbocycles. The fraction of sp³-hybridized carbons (Fsp3) is 0.429. The van der Waals surface area contributed by atoms with Crippen LogP contribution in [0.15, 0.2) is 20.2 Å². The molecule has 0 spiro atoms. The van der Waals surface area contributed by atoms with E-state index in [2.05, 4.69) is 13.9 Å². The quantitative estimate of drug-likeness (QED) is 0.614. The van der Waals surface area contributed by atoms with Crippen molar-refractivity contribution in [3.05, 3.63) is 22.2 Å². The minimum Gasteiger partial charge on any atom is -0.448 e. The van der Waals surface area contributed by atoms with Gasteiger partial charge in [-0.25, -0.2) is 14.2 Å². The van der Waals surface area contributed by atoms with Gasteiger partial charge in [-0.2, -0.15) is 0 Å². The molecule has 1 aromatic heterocycles. The van der Waals surface area contributed by atoms with Gasteiger partial charge in [-0.3, -0.25) is 4.58 Å². The first-order valence-electron chi connectivity index (χ1n) is 3.76. The Morgan fingerprint density at radius 1 is 1.46 bits per heavy atom. The lowest BCUT2D eigenvalue weighted by Gasteiger charge is -2.08. The molecule has 1 aliphatic rings. The maximum atomic E-state index is 11.0. The smallest absolute Gasteiger partial charge is 0.410 e. The first-order chi connectivity index (χ1) is 6.27. The van der Waals surface area contributed by atoms with Gasteiger partial charge in [-0.1, -0.05) is 0 Å². The maximum Gasteiger partial charge on any atom is 0.410 e. The minimum absolute atomic E-state index is 0.178. The highest BCUT2D eigenvalue weighted by atomic mass is 17.0. The zero-order chi connectivity index (χ0) is 9.26. The number of carbonyl (C=O) groups excluding carboxylic acids is 1. The van der Waals surface area contributed by atoms with Crippen LogP contribution in [0, 0.1) is 0 Å². The molecule has 70 valence electrons. The normalized spacial score (nSPS) is 16.3. The van der Waals surface area contributed by atoms with Crippen LogP contribution in [-0.4, -0.2) is 24.1 Å². The van der Waals surface area contributed by atoms with Crippen LogP contribution < -0.4 is 5.63 Å². The molecule has 0 unspecified atom stereocenters. The molecule has 6 nitrogen and oxygen atoms in total. The summed E-state index contributed by atoms with van der Waals surface area (Å²) in [4.78, 5) is 23.2. The van der Waals surface area contributed by atoms with Crippen molar-refractivity contribution in [3.63, 3.8) is 0 Å². The van der Waals surface area contributed by atoms with Crippen molar-refractivity contribution in [2.45, 2.75) is 6.54 Å². The second kappa shape index (κ2) is 2.96. The van der Waals surface area contributed by atoms with Gasteiger partial charge in [0.15, 0.2) is 6.26 Å². The predicted octanol–water partition coefficient (Wildman–Crippen LogP) is 0.185. The molecule has 1 fully saturated rings. The number of hydrogen-bond donors (Lipinski definition) is 0. The summed E-state index contributed by atoms with van der Waals surface area (Å²) in [5.74, 6) is 0. The van der Waals surface area contributed by atoms with E-state index in [1.165, 1.54) is 11.2 Å². The molecule has 6 heteroatoms. The third-order valence-corrected chi connectivity index (χ3v) is 1.78. The third-order valence-electron chi connectivity index (χ3n) is 1.78. The Balaban J connectivity index is 2.10. The summed E-state index contributed by atoms with van der Waals surface area (Å²) in [5.41, 5.74) is -0.237. The van der Waals surface area contributed by atoms with Crippen molar-refractivity contribution >= 4 is 6.09 Å². The van der Waals surface area contributed by atoms with Crippen molar-refractivity contribution in [3.8, 4) is 0 Å². The summed E-state index contributed by atoms with van der Waals surface area (Å²) in [6.45, 7) is 1.03. The second-order valence-electron chi connectivity index (χ2n) is 2.65. The van der Waals surface area contributed by atoms with E-state index in [1.54, 1.807) is 0 Å². The molecule has 0 saturated carbocycles. The highest BCUT2D eigenvalue weighted by Gasteiger charge is 2.23. The van der Waals surface area contributed by atoms with Gasteiger partial charge in [-0.05, 0) is 0 Å². The van der Waals surface area contributed by atoms with E-state index in [0.29, 0.717) is 18.7 Å². The van der Waals surface area contributed by atoms with Gasteiger partial charge in [0.1, 0.15) is 12.2 Å². The topological polar surface area (TPSA) is 72.9 Å². The molecule has 0 bridgehead atoms. The van der Waals surface area contributed by atoms with Gasteiger partial charge in [0, 0.05) is 0 Å². The standard InChI is InChI=1S/C7H7NO5/c9-6-5(4-12-13-6)3-8-1-2-11-7(8)10/h4H,1-3H2. The van der Waals surface area contributed by atoms with E-state index in [0.717, 1.165) is 0 Å². The summed E-state index contributed by atoms with van der Waals surface area (Å²) in [6, 6.07) is 0. The molecule has 2 rings (SSSR count). The Labute approximate surface area is 72.6 Å². The Hall–Kier alpha value is -1.72. The van der Waals surface area contributed by atoms with Crippen LogP contribution in [0.1, 0.15) is 5.56 Å². The number of cyclic esters (lactones) is 1. The number of rotatable bonds is 2. The molecule has 0 N–H and O–H groups in total. The Morgan fingerprint density at radius 3 is 2.85 bits per heavy atom. The molecular formula is C7H7NO5. The second-order valence-corrected chi connectivity index (χ2v) is 2.65. The summed E-state index contributed by atoms with van der Waals surface area (Å²) in [7, 11) is 0. The molecule has 0 aromatic carbocycles. The van der Waals surface area contributed by atoms with Crippen LogP contribution in [0.25, 0.3) is 0 Å². The van der Waals surface area contributed by atoms with Crippen molar-refractivity contribution in [2.75, 3.05) is 13.2 Å². The molecule has 1 aromatic rings. The molecular weight excluding hydrogens is 178 g/mol. The van der Waals surface area contributed by atoms with Gasteiger partial charge in [-0.15, -0.1) is 0 Å². The average molecular weight is 185 g/mol. The van der Waals surface area contributed by atoms with Gasteiger partial charge < -0.3 is 9.64 Å². The van der Waals surface area contributed by atoms with Crippen LogP contribution in [0.4, 0.5) is 4.79 Å². The summed E-state index contributed by atoms with van der Waals surface area (Å²) >= 11 is 0. The van der Waals surface area contributed by atoms with Gasteiger partial charge >= 0.3 is 11.7 Å². The Bertz CT molecular complexity index is 365. The lowest BCUT2D eigenvalue weighted by Crippen LogP contribution is -2.25.